The Balaban J connectivity index is 0. The zero-order valence-electron chi connectivity index (χ0n) is 22.6. The Kier molecular flexibility index (Phi) is 30.3. The van der Waals surface area contributed by atoms with E-state index in [2.05, 4.69) is 32.2 Å². The molecular formula is C28H57BN2O2. The molecule has 0 amide bonds. The van der Waals surface area contributed by atoms with E-state index in [9.17, 15) is 10.0 Å². The molecule has 1 aromatic carbocycles. The van der Waals surface area contributed by atoms with E-state index in [1.165, 1.54) is 108 Å². The zero-order chi connectivity index (χ0) is 25.0. The molecule has 0 unspecified atom stereocenters. The molecular weight excluding hydrogens is 407 g/mol. The molecule has 0 atom stereocenters. The lowest BCUT2D eigenvalue weighted by atomic mass is 9.80. The summed E-state index contributed by atoms with van der Waals surface area (Å²) in [5, 5.41) is 21.6. The fourth-order valence-electron chi connectivity index (χ4n) is 3.37. The maximum absolute atomic E-state index is 10.8. The molecule has 1 aromatic rings. The van der Waals surface area contributed by atoms with Crippen LogP contribution in [-0.2, 0) is 6.42 Å². The van der Waals surface area contributed by atoms with Crippen LogP contribution in [0.1, 0.15) is 129 Å². The van der Waals surface area contributed by atoms with Crippen molar-refractivity contribution in [2.24, 2.45) is 0 Å². The van der Waals surface area contributed by atoms with Crippen molar-refractivity contribution >= 4 is 12.6 Å². The summed E-state index contributed by atoms with van der Waals surface area (Å²) in [7, 11) is -1.85. The van der Waals surface area contributed by atoms with Gasteiger partial charge in [-0.2, -0.15) is 0 Å². The number of benzene rings is 1. The molecule has 0 aromatic heterocycles. The van der Waals surface area contributed by atoms with Gasteiger partial charge < -0.3 is 21.5 Å². The second-order valence-corrected chi connectivity index (χ2v) is 9.13. The van der Waals surface area contributed by atoms with Crippen molar-refractivity contribution in [3.63, 3.8) is 0 Å². The summed E-state index contributed by atoms with van der Waals surface area (Å²) in [6, 6.07) is 7.23. The molecule has 0 aliphatic heterocycles. The van der Waals surface area contributed by atoms with Crippen molar-refractivity contribution < 1.29 is 21.5 Å². The minimum absolute atomic E-state index is 0.352. The maximum Gasteiger partial charge on any atom is 0.0737 e. The van der Waals surface area contributed by atoms with Crippen LogP contribution in [0.25, 0.3) is 0 Å². The SMILES string of the molecule is CCCCCCCCCCCCCCCCc1ccc(B([O-])[O-])cc1.CCC[NH3+].CCC[NH3+]. The number of unbranched alkanes of at least 4 members (excludes halogenated alkanes) is 13. The van der Waals surface area contributed by atoms with E-state index in [-0.39, 0.29) is 0 Å². The van der Waals surface area contributed by atoms with Crippen molar-refractivity contribution in [1.82, 2.24) is 0 Å². The Morgan fingerprint density at radius 3 is 1.18 bits per heavy atom. The van der Waals surface area contributed by atoms with E-state index < -0.39 is 7.12 Å². The first-order valence-electron chi connectivity index (χ1n) is 14.1. The summed E-state index contributed by atoms with van der Waals surface area (Å²) in [6.45, 7) is 8.65. The highest BCUT2D eigenvalue weighted by molar-refractivity contribution is 6.55. The van der Waals surface area contributed by atoms with Gasteiger partial charge in [0.15, 0.2) is 0 Å². The van der Waals surface area contributed by atoms with Gasteiger partial charge >= 0.3 is 0 Å². The van der Waals surface area contributed by atoms with Crippen LogP contribution in [-0.4, -0.2) is 20.2 Å². The van der Waals surface area contributed by atoms with E-state index >= 15 is 0 Å². The van der Waals surface area contributed by atoms with Crippen molar-refractivity contribution in [3.8, 4) is 0 Å². The molecule has 0 saturated heterocycles. The largest absolute Gasteiger partial charge is 0.889 e. The van der Waals surface area contributed by atoms with Crippen LogP contribution in [0, 0.1) is 0 Å². The van der Waals surface area contributed by atoms with Crippen LogP contribution in [0.5, 0.6) is 0 Å². The number of rotatable bonds is 18. The van der Waals surface area contributed by atoms with Crippen molar-refractivity contribution in [3.05, 3.63) is 29.8 Å². The molecule has 1 rings (SSSR count). The van der Waals surface area contributed by atoms with E-state index in [1.807, 2.05) is 12.1 Å². The lowest BCUT2D eigenvalue weighted by Crippen LogP contribution is -2.55. The second kappa shape index (κ2) is 29.2. The zero-order valence-corrected chi connectivity index (χ0v) is 22.6. The van der Waals surface area contributed by atoms with Gasteiger partial charge in [-0.25, -0.2) is 0 Å². The summed E-state index contributed by atoms with van der Waals surface area (Å²) < 4.78 is 0. The minimum atomic E-state index is -1.85. The second-order valence-electron chi connectivity index (χ2n) is 9.13. The van der Waals surface area contributed by atoms with Crippen LogP contribution in [0.3, 0.4) is 0 Å². The molecule has 194 valence electrons. The van der Waals surface area contributed by atoms with Crippen molar-refractivity contribution in [2.75, 3.05) is 13.1 Å². The quantitative estimate of drug-likeness (QED) is 0.257. The molecule has 0 aliphatic carbocycles. The Morgan fingerprint density at radius 1 is 0.545 bits per heavy atom. The predicted molar refractivity (Wildman–Crippen MR) is 142 cm³/mol. The van der Waals surface area contributed by atoms with Gasteiger partial charge in [0, 0.05) is 0 Å². The molecule has 5 heteroatoms. The highest BCUT2D eigenvalue weighted by Gasteiger charge is 1.96. The monoisotopic (exact) mass is 464 g/mol. The van der Waals surface area contributed by atoms with Crippen LogP contribution in [0.2, 0.25) is 0 Å². The summed E-state index contributed by atoms with van der Waals surface area (Å²) in [4.78, 5) is 0. The average molecular weight is 465 g/mol. The predicted octanol–water partition coefficient (Wildman–Crippen LogP) is 3.40. The molecule has 6 N–H and O–H groups in total. The molecule has 0 radical (unpaired) electrons. The van der Waals surface area contributed by atoms with E-state index in [4.69, 9.17) is 0 Å². The standard InChI is InChI=1S/C22H37BO2.2C3H9N/c1-2-3-4-5-6-7-8-9-10-11-12-13-14-15-16-21-17-19-22(20-18-21)23(24)25;2*1-2-3-4/h17-20H,2-16H2,1H3;2*2-4H2,1H3/q-2;;/p+2. The smallest absolute Gasteiger partial charge is 0.0737 e. The number of aryl methyl sites for hydroxylation is 1. The summed E-state index contributed by atoms with van der Waals surface area (Å²) in [6.07, 6.45) is 22.8. The van der Waals surface area contributed by atoms with Gasteiger partial charge in [-0.3, -0.25) is 0 Å². The van der Waals surface area contributed by atoms with Gasteiger partial charge in [-0.05, 0) is 31.2 Å². The third-order valence-corrected chi connectivity index (χ3v) is 5.78. The third-order valence-electron chi connectivity index (χ3n) is 5.78. The highest BCUT2D eigenvalue weighted by atomic mass is 16.4. The molecule has 0 heterocycles. The Morgan fingerprint density at radius 2 is 0.879 bits per heavy atom. The molecule has 0 fully saturated rings. The number of hydrogen-bond acceptors (Lipinski definition) is 2. The molecule has 0 saturated carbocycles. The van der Waals surface area contributed by atoms with Gasteiger partial charge in [0.05, 0.1) is 13.1 Å². The first-order valence-corrected chi connectivity index (χ1v) is 14.1. The maximum atomic E-state index is 10.8. The van der Waals surface area contributed by atoms with Crippen LogP contribution < -0.4 is 27.0 Å². The molecule has 0 aliphatic rings. The summed E-state index contributed by atoms with van der Waals surface area (Å²) in [5.41, 5.74) is 8.80. The Labute approximate surface area is 207 Å². The first-order chi connectivity index (χ1) is 16.1. The van der Waals surface area contributed by atoms with Crippen molar-refractivity contribution in [2.45, 2.75) is 130 Å². The lowest BCUT2D eigenvalue weighted by molar-refractivity contribution is -0.367. The van der Waals surface area contributed by atoms with E-state index in [0.717, 1.165) is 19.5 Å². The van der Waals surface area contributed by atoms with Crippen molar-refractivity contribution in [1.29, 1.82) is 0 Å². The molecule has 33 heavy (non-hydrogen) atoms. The van der Waals surface area contributed by atoms with Crippen LogP contribution in [0.4, 0.5) is 0 Å². The summed E-state index contributed by atoms with van der Waals surface area (Å²) in [5.74, 6) is 0. The Hall–Kier alpha value is -0.875. The molecule has 0 bridgehead atoms. The first kappa shape index (κ1) is 34.3. The van der Waals surface area contributed by atoms with Gasteiger partial charge in [-0.1, -0.05) is 136 Å². The topological polar surface area (TPSA) is 101 Å². The number of quaternary nitrogens is 2. The third kappa shape index (κ3) is 27.3. The summed E-state index contributed by atoms with van der Waals surface area (Å²) >= 11 is 0. The highest BCUT2D eigenvalue weighted by Crippen LogP contribution is 2.13. The lowest BCUT2D eigenvalue weighted by Gasteiger charge is -2.26. The van der Waals surface area contributed by atoms with Gasteiger partial charge in [0.25, 0.3) is 0 Å². The van der Waals surface area contributed by atoms with E-state index in [0.29, 0.717) is 5.46 Å². The Bertz CT molecular complexity index is 461. The number of hydrogen-bond donors (Lipinski definition) is 2. The molecule has 0 spiro atoms. The van der Waals surface area contributed by atoms with Crippen LogP contribution in [0.15, 0.2) is 24.3 Å². The fourth-order valence-corrected chi connectivity index (χ4v) is 3.37. The fraction of sp³-hybridized carbons (Fsp3) is 0.786. The van der Waals surface area contributed by atoms with Gasteiger partial charge in [-0.15, -0.1) is 5.46 Å². The minimum Gasteiger partial charge on any atom is -0.889 e. The van der Waals surface area contributed by atoms with Gasteiger partial charge in [0.1, 0.15) is 0 Å². The molecule has 4 nitrogen and oxygen atoms in total. The van der Waals surface area contributed by atoms with E-state index in [1.54, 1.807) is 12.1 Å². The normalized spacial score (nSPS) is 10.2. The average Bonchev–Trinajstić information content (AvgIpc) is 2.84. The van der Waals surface area contributed by atoms with Crippen LogP contribution >= 0.6 is 0 Å². The van der Waals surface area contributed by atoms with Gasteiger partial charge in [0.2, 0.25) is 0 Å².